The zero-order valence-electron chi connectivity index (χ0n) is 11.7. The van der Waals surface area contributed by atoms with E-state index in [4.69, 9.17) is 5.11 Å². The maximum atomic E-state index is 11.7. The van der Waals surface area contributed by atoms with Crippen molar-refractivity contribution in [1.29, 1.82) is 0 Å². The molecule has 106 valence electrons. The first-order valence-electron chi connectivity index (χ1n) is 6.21. The number of rotatable bonds is 5. The number of amides is 2. The molecule has 19 heavy (non-hydrogen) atoms. The predicted octanol–water partition coefficient (Wildman–Crippen LogP) is 3.23. The summed E-state index contributed by atoms with van der Waals surface area (Å²) in [5, 5.41) is 14.9. The number of carboxylic acids is 1. The summed E-state index contributed by atoms with van der Waals surface area (Å²) in [6, 6.07) is -0.357. The van der Waals surface area contributed by atoms with Gasteiger partial charge in [0, 0.05) is 11.4 Å². The molecule has 0 saturated carbocycles. The lowest BCUT2D eigenvalue weighted by atomic mass is 10.1. The smallest absolute Gasteiger partial charge is 0.338 e. The molecule has 0 unspecified atom stereocenters. The first kappa shape index (κ1) is 15.5. The van der Waals surface area contributed by atoms with Crippen molar-refractivity contribution in [2.45, 2.75) is 34.1 Å². The van der Waals surface area contributed by atoms with Crippen LogP contribution in [0.5, 0.6) is 0 Å². The van der Waals surface area contributed by atoms with Gasteiger partial charge in [-0.25, -0.2) is 9.59 Å². The van der Waals surface area contributed by atoms with Crippen LogP contribution in [0.25, 0.3) is 0 Å². The highest BCUT2D eigenvalue weighted by molar-refractivity contribution is 7.16. The van der Waals surface area contributed by atoms with Crippen LogP contribution in [0.1, 0.15) is 41.1 Å². The summed E-state index contributed by atoms with van der Waals surface area (Å²) in [5.74, 6) is -0.500. The first-order chi connectivity index (χ1) is 8.82. The number of hydrogen-bond acceptors (Lipinski definition) is 3. The van der Waals surface area contributed by atoms with Crippen LogP contribution in [-0.4, -0.2) is 23.7 Å². The monoisotopic (exact) mass is 284 g/mol. The Balaban J connectivity index is 2.69. The van der Waals surface area contributed by atoms with Crippen molar-refractivity contribution < 1.29 is 14.7 Å². The summed E-state index contributed by atoms with van der Waals surface area (Å²) in [6.45, 7) is 8.32. The van der Waals surface area contributed by atoms with Gasteiger partial charge in [-0.1, -0.05) is 13.8 Å². The SMILES string of the molecule is Cc1sc(NC(=O)NCCC(C)C)c(C(=O)O)c1C. The second kappa shape index (κ2) is 6.56. The van der Waals surface area contributed by atoms with Gasteiger partial charge in [0.05, 0.1) is 5.56 Å². The lowest BCUT2D eigenvalue weighted by molar-refractivity contribution is 0.0697. The maximum Gasteiger partial charge on any atom is 0.338 e. The molecule has 0 aromatic carbocycles. The molecule has 3 N–H and O–H groups in total. The quantitative estimate of drug-likeness (QED) is 0.776. The van der Waals surface area contributed by atoms with E-state index in [1.165, 1.54) is 11.3 Å². The molecular formula is C13H20N2O3S. The Morgan fingerprint density at radius 2 is 1.95 bits per heavy atom. The fraction of sp³-hybridized carbons (Fsp3) is 0.538. The van der Waals surface area contributed by atoms with Gasteiger partial charge in [0.2, 0.25) is 0 Å². The van der Waals surface area contributed by atoms with Crippen molar-refractivity contribution >= 4 is 28.3 Å². The molecule has 1 heterocycles. The summed E-state index contributed by atoms with van der Waals surface area (Å²) >= 11 is 1.28. The molecular weight excluding hydrogens is 264 g/mol. The van der Waals surface area contributed by atoms with E-state index in [0.29, 0.717) is 23.0 Å². The third kappa shape index (κ3) is 4.24. The number of nitrogens with one attached hydrogen (secondary N) is 2. The average Bonchev–Trinajstić information content (AvgIpc) is 2.53. The van der Waals surface area contributed by atoms with E-state index in [2.05, 4.69) is 24.5 Å². The van der Waals surface area contributed by atoms with Crippen LogP contribution in [0.3, 0.4) is 0 Å². The molecule has 6 heteroatoms. The van der Waals surface area contributed by atoms with Crippen molar-refractivity contribution in [3.63, 3.8) is 0 Å². The summed E-state index contributed by atoms with van der Waals surface area (Å²) in [7, 11) is 0. The molecule has 0 spiro atoms. The number of carbonyl (C=O) groups is 2. The van der Waals surface area contributed by atoms with Crippen LogP contribution in [-0.2, 0) is 0 Å². The normalized spacial score (nSPS) is 10.6. The molecule has 0 aliphatic carbocycles. The Bertz CT molecular complexity index is 480. The fourth-order valence-corrected chi connectivity index (χ4v) is 2.64. The Morgan fingerprint density at radius 1 is 1.32 bits per heavy atom. The molecule has 1 aromatic heterocycles. The van der Waals surface area contributed by atoms with Crippen molar-refractivity contribution in [1.82, 2.24) is 5.32 Å². The minimum Gasteiger partial charge on any atom is -0.478 e. The topological polar surface area (TPSA) is 78.4 Å². The average molecular weight is 284 g/mol. The van der Waals surface area contributed by atoms with Gasteiger partial charge in [0.15, 0.2) is 0 Å². The van der Waals surface area contributed by atoms with Gasteiger partial charge in [-0.3, -0.25) is 5.32 Å². The summed E-state index contributed by atoms with van der Waals surface area (Å²) < 4.78 is 0. The number of anilines is 1. The highest BCUT2D eigenvalue weighted by atomic mass is 32.1. The molecule has 0 bridgehead atoms. The Kier molecular flexibility index (Phi) is 5.35. The zero-order valence-corrected chi connectivity index (χ0v) is 12.5. The minimum atomic E-state index is -1.01. The summed E-state index contributed by atoms with van der Waals surface area (Å²) in [5.41, 5.74) is 0.886. The Morgan fingerprint density at radius 3 is 2.47 bits per heavy atom. The molecule has 2 amide bonds. The second-order valence-corrected chi connectivity index (χ2v) is 6.08. The molecule has 0 atom stereocenters. The molecule has 0 fully saturated rings. The molecule has 1 rings (SSSR count). The van der Waals surface area contributed by atoms with Crippen LogP contribution in [0.15, 0.2) is 0 Å². The Hall–Kier alpha value is -1.56. The van der Waals surface area contributed by atoms with Crippen LogP contribution in [0.2, 0.25) is 0 Å². The lowest BCUT2D eigenvalue weighted by Gasteiger charge is -2.08. The summed E-state index contributed by atoms with van der Waals surface area (Å²) in [6.07, 6.45) is 0.891. The van der Waals surface area contributed by atoms with Crippen LogP contribution >= 0.6 is 11.3 Å². The van der Waals surface area contributed by atoms with Crippen LogP contribution in [0, 0.1) is 19.8 Å². The molecule has 0 aliphatic rings. The third-order valence-corrected chi connectivity index (χ3v) is 3.96. The van der Waals surface area contributed by atoms with Crippen LogP contribution in [0.4, 0.5) is 9.80 Å². The zero-order chi connectivity index (χ0) is 14.6. The first-order valence-corrected chi connectivity index (χ1v) is 7.02. The standard InChI is InChI=1S/C13H20N2O3S/c1-7(2)5-6-14-13(18)15-11-10(12(16)17)8(3)9(4)19-11/h7H,5-6H2,1-4H3,(H,16,17)(H2,14,15,18). The Labute approximate surface area is 117 Å². The molecule has 0 radical (unpaired) electrons. The van der Waals surface area contributed by atoms with E-state index in [9.17, 15) is 9.59 Å². The van der Waals surface area contributed by atoms with Gasteiger partial charge < -0.3 is 10.4 Å². The molecule has 1 aromatic rings. The number of carbonyl (C=O) groups excluding carboxylic acids is 1. The molecule has 0 saturated heterocycles. The van der Waals surface area contributed by atoms with E-state index >= 15 is 0 Å². The maximum absolute atomic E-state index is 11.7. The van der Waals surface area contributed by atoms with Gasteiger partial charge in [-0.05, 0) is 31.7 Å². The van der Waals surface area contributed by atoms with Gasteiger partial charge in [-0.15, -0.1) is 11.3 Å². The van der Waals surface area contributed by atoms with Gasteiger partial charge in [0.25, 0.3) is 0 Å². The van der Waals surface area contributed by atoms with E-state index < -0.39 is 5.97 Å². The number of urea groups is 1. The van der Waals surface area contributed by atoms with Gasteiger partial charge in [-0.2, -0.15) is 0 Å². The fourth-order valence-electron chi connectivity index (χ4n) is 1.59. The van der Waals surface area contributed by atoms with E-state index in [1.807, 2.05) is 6.92 Å². The number of aromatic carboxylic acids is 1. The second-order valence-electron chi connectivity index (χ2n) is 4.86. The number of aryl methyl sites for hydroxylation is 1. The molecule has 5 nitrogen and oxygen atoms in total. The number of hydrogen-bond donors (Lipinski definition) is 3. The molecule has 0 aliphatic heterocycles. The van der Waals surface area contributed by atoms with E-state index in [0.717, 1.165) is 11.3 Å². The van der Waals surface area contributed by atoms with E-state index in [1.54, 1.807) is 6.92 Å². The minimum absolute atomic E-state index is 0.182. The van der Waals surface area contributed by atoms with Crippen molar-refractivity contribution in [3.8, 4) is 0 Å². The third-order valence-electron chi connectivity index (χ3n) is 2.83. The highest BCUT2D eigenvalue weighted by Gasteiger charge is 2.20. The predicted molar refractivity (Wildman–Crippen MR) is 77.2 cm³/mol. The van der Waals surface area contributed by atoms with Gasteiger partial charge >= 0.3 is 12.0 Å². The highest BCUT2D eigenvalue weighted by Crippen LogP contribution is 2.32. The van der Waals surface area contributed by atoms with Crippen molar-refractivity contribution in [2.75, 3.05) is 11.9 Å². The number of thiophene rings is 1. The summed E-state index contributed by atoms with van der Waals surface area (Å²) in [4.78, 5) is 23.8. The number of carboxylic acid groups (broad SMARTS) is 1. The van der Waals surface area contributed by atoms with Crippen molar-refractivity contribution in [2.24, 2.45) is 5.92 Å². The largest absolute Gasteiger partial charge is 0.478 e. The van der Waals surface area contributed by atoms with Gasteiger partial charge in [0.1, 0.15) is 5.00 Å². The van der Waals surface area contributed by atoms with Crippen molar-refractivity contribution in [3.05, 3.63) is 16.0 Å². The van der Waals surface area contributed by atoms with E-state index in [-0.39, 0.29) is 11.6 Å². The lowest BCUT2D eigenvalue weighted by Crippen LogP contribution is -2.30. The van der Waals surface area contributed by atoms with Crippen LogP contribution < -0.4 is 10.6 Å².